The van der Waals surface area contributed by atoms with E-state index in [1.165, 1.54) is 5.56 Å². The van der Waals surface area contributed by atoms with Crippen molar-refractivity contribution in [3.63, 3.8) is 0 Å². The first-order valence-corrected chi connectivity index (χ1v) is 9.89. The van der Waals surface area contributed by atoms with Gasteiger partial charge in [-0.1, -0.05) is 30.3 Å². The number of benzene rings is 1. The SMILES string of the molecule is CN(C)C(=O)N1CC[C@@]2(O)CCN(C(=O)CCCc3ccccc3)C[C@H]2C1. The molecule has 0 unspecified atom stereocenters. The molecule has 0 aliphatic carbocycles. The molecular formula is C21H31N3O3. The zero-order valence-electron chi connectivity index (χ0n) is 16.4. The summed E-state index contributed by atoms with van der Waals surface area (Å²) in [6.45, 7) is 2.24. The first kappa shape index (κ1) is 19.7. The predicted molar refractivity (Wildman–Crippen MR) is 104 cm³/mol. The van der Waals surface area contributed by atoms with Crippen molar-refractivity contribution in [1.29, 1.82) is 0 Å². The Bertz CT molecular complexity index is 664. The van der Waals surface area contributed by atoms with E-state index < -0.39 is 5.60 Å². The van der Waals surface area contributed by atoms with Crippen LogP contribution in [-0.2, 0) is 11.2 Å². The highest BCUT2D eigenvalue weighted by Crippen LogP contribution is 2.36. The molecule has 2 fully saturated rings. The summed E-state index contributed by atoms with van der Waals surface area (Å²) < 4.78 is 0. The summed E-state index contributed by atoms with van der Waals surface area (Å²) in [4.78, 5) is 30.2. The Hall–Kier alpha value is -2.08. The number of carbonyl (C=O) groups excluding carboxylic acids is 2. The summed E-state index contributed by atoms with van der Waals surface area (Å²) in [5.41, 5.74) is 0.507. The fraction of sp³-hybridized carbons (Fsp3) is 0.619. The first-order valence-electron chi connectivity index (χ1n) is 9.89. The number of piperidine rings is 2. The molecule has 0 spiro atoms. The Balaban J connectivity index is 1.53. The monoisotopic (exact) mass is 373 g/mol. The Morgan fingerprint density at radius 1 is 1.11 bits per heavy atom. The Morgan fingerprint density at radius 2 is 1.74 bits per heavy atom. The molecule has 27 heavy (non-hydrogen) atoms. The molecule has 0 radical (unpaired) electrons. The van der Waals surface area contributed by atoms with Crippen molar-refractivity contribution in [1.82, 2.24) is 14.7 Å². The molecule has 2 aliphatic heterocycles. The van der Waals surface area contributed by atoms with Crippen molar-refractivity contribution in [2.24, 2.45) is 5.92 Å². The standard InChI is InChI=1S/C21H31N3O3/c1-22(2)20(26)24-14-12-21(27)11-13-23(15-18(21)16-24)19(25)10-6-9-17-7-4-3-5-8-17/h3-5,7-8,18,27H,6,9-16H2,1-2H3/t18-,21-/m0/s1. The number of hydrogen-bond donors (Lipinski definition) is 1. The van der Waals surface area contributed by atoms with Gasteiger partial charge < -0.3 is 19.8 Å². The molecule has 2 heterocycles. The number of hydrogen-bond acceptors (Lipinski definition) is 3. The molecule has 6 heteroatoms. The van der Waals surface area contributed by atoms with Crippen LogP contribution in [0, 0.1) is 5.92 Å². The van der Waals surface area contributed by atoms with E-state index in [2.05, 4.69) is 12.1 Å². The van der Waals surface area contributed by atoms with Crippen molar-refractivity contribution >= 4 is 11.9 Å². The fourth-order valence-corrected chi connectivity index (χ4v) is 4.23. The Morgan fingerprint density at radius 3 is 2.41 bits per heavy atom. The van der Waals surface area contributed by atoms with Crippen LogP contribution in [0.1, 0.15) is 31.2 Å². The molecule has 2 saturated heterocycles. The molecule has 148 valence electrons. The second-order valence-electron chi connectivity index (χ2n) is 8.10. The molecule has 3 amide bonds. The molecule has 6 nitrogen and oxygen atoms in total. The summed E-state index contributed by atoms with van der Waals surface area (Å²) in [7, 11) is 3.49. The molecule has 3 rings (SSSR count). The minimum Gasteiger partial charge on any atom is -0.389 e. The molecule has 0 aromatic heterocycles. The van der Waals surface area contributed by atoms with E-state index in [0.29, 0.717) is 45.4 Å². The summed E-state index contributed by atoms with van der Waals surface area (Å²) in [6.07, 6.45) is 3.46. The summed E-state index contributed by atoms with van der Waals surface area (Å²) in [5.74, 6) is 0.0889. The van der Waals surface area contributed by atoms with E-state index in [9.17, 15) is 14.7 Å². The molecular weight excluding hydrogens is 342 g/mol. The van der Waals surface area contributed by atoms with Gasteiger partial charge in [-0.2, -0.15) is 0 Å². The highest BCUT2D eigenvalue weighted by atomic mass is 16.3. The van der Waals surface area contributed by atoms with Gasteiger partial charge in [0.25, 0.3) is 0 Å². The smallest absolute Gasteiger partial charge is 0.319 e. The number of fused-ring (bicyclic) bond motifs is 1. The van der Waals surface area contributed by atoms with Gasteiger partial charge in [0, 0.05) is 52.6 Å². The number of carbonyl (C=O) groups is 2. The molecule has 0 bridgehead atoms. The van der Waals surface area contributed by atoms with E-state index in [1.807, 2.05) is 23.1 Å². The van der Waals surface area contributed by atoms with Gasteiger partial charge in [0.1, 0.15) is 0 Å². The second kappa shape index (κ2) is 8.30. The molecule has 0 saturated carbocycles. The number of urea groups is 1. The van der Waals surface area contributed by atoms with Gasteiger partial charge in [-0.3, -0.25) is 4.79 Å². The predicted octanol–water partition coefficient (Wildman–Crippen LogP) is 1.98. The number of likely N-dealkylation sites (tertiary alicyclic amines) is 2. The molecule has 2 aliphatic rings. The summed E-state index contributed by atoms with van der Waals surface area (Å²) >= 11 is 0. The van der Waals surface area contributed by atoms with Crippen LogP contribution < -0.4 is 0 Å². The van der Waals surface area contributed by atoms with E-state index in [-0.39, 0.29) is 17.9 Å². The van der Waals surface area contributed by atoms with Crippen LogP contribution in [0.25, 0.3) is 0 Å². The van der Waals surface area contributed by atoms with E-state index in [4.69, 9.17) is 0 Å². The summed E-state index contributed by atoms with van der Waals surface area (Å²) in [5, 5.41) is 11.0. The van der Waals surface area contributed by atoms with Crippen LogP contribution in [0.5, 0.6) is 0 Å². The van der Waals surface area contributed by atoms with Crippen LogP contribution in [0.3, 0.4) is 0 Å². The topological polar surface area (TPSA) is 64.1 Å². The van der Waals surface area contributed by atoms with Crippen molar-refractivity contribution in [2.45, 2.75) is 37.7 Å². The number of nitrogens with zero attached hydrogens (tertiary/aromatic N) is 3. The van der Waals surface area contributed by atoms with Gasteiger partial charge in [-0.15, -0.1) is 0 Å². The first-order chi connectivity index (χ1) is 12.9. The van der Waals surface area contributed by atoms with Crippen molar-refractivity contribution in [3.05, 3.63) is 35.9 Å². The maximum Gasteiger partial charge on any atom is 0.319 e. The lowest BCUT2D eigenvalue weighted by atomic mass is 9.75. The van der Waals surface area contributed by atoms with Gasteiger partial charge in [0.05, 0.1) is 5.60 Å². The number of aryl methyl sites for hydroxylation is 1. The van der Waals surface area contributed by atoms with E-state index >= 15 is 0 Å². The van der Waals surface area contributed by atoms with Crippen LogP contribution in [-0.4, -0.2) is 77.6 Å². The molecule has 1 aromatic rings. The average molecular weight is 373 g/mol. The zero-order valence-corrected chi connectivity index (χ0v) is 16.4. The van der Waals surface area contributed by atoms with Crippen LogP contribution in [0.4, 0.5) is 4.79 Å². The largest absolute Gasteiger partial charge is 0.389 e. The van der Waals surface area contributed by atoms with Gasteiger partial charge in [0.15, 0.2) is 0 Å². The number of rotatable bonds is 4. The van der Waals surface area contributed by atoms with E-state index in [0.717, 1.165) is 12.8 Å². The maximum atomic E-state index is 12.6. The fourth-order valence-electron chi connectivity index (χ4n) is 4.23. The lowest BCUT2D eigenvalue weighted by Gasteiger charge is -2.50. The Kier molecular flexibility index (Phi) is 6.05. The Labute approximate surface area is 161 Å². The lowest BCUT2D eigenvalue weighted by molar-refractivity contribution is -0.145. The highest BCUT2D eigenvalue weighted by molar-refractivity contribution is 5.76. The summed E-state index contributed by atoms with van der Waals surface area (Å²) in [6, 6.07) is 10.2. The van der Waals surface area contributed by atoms with E-state index in [1.54, 1.807) is 23.9 Å². The highest BCUT2D eigenvalue weighted by Gasteiger charge is 2.46. The maximum absolute atomic E-state index is 12.6. The third-order valence-electron chi connectivity index (χ3n) is 5.98. The van der Waals surface area contributed by atoms with Crippen molar-refractivity contribution < 1.29 is 14.7 Å². The lowest BCUT2D eigenvalue weighted by Crippen LogP contribution is -2.62. The van der Waals surface area contributed by atoms with Crippen molar-refractivity contribution in [3.8, 4) is 0 Å². The van der Waals surface area contributed by atoms with Gasteiger partial charge in [-0.25, -0.2) is 4.79 Å². The second-order valence-corrected chi connectivity index (χ2v) is 8.10. The van der Waals surface area contributed by atoms with Gasteiger partial charge in [0.2, 0.25) is 5.91 Å². The number of aliphatic hydroxyl groups is 1. The molecule has 2 atom stereocenters. The third-order valence-corrected chi connectivity index (χ3v) is 5.98. The third kappa shape index (κ3) is 4.61. The zero-order chi connectivity index (χ0) is 19.4. The minimum atomic E-state index is -0.746. The average Bonchev–Trinajstić information content (AvgIpc) is 2.67. The molecule has 1 aromatic carbocycles. The van der Waals surface area contributed by atoms with Gasteiger partial charge >= 0.3 is 6.03 Å². The quantitative estimate of drug-likeness (QED) is 0.878. The minimum absolute atomic E-state index is 0.0247. The molecule has 1 N–H and O–H groups in total. The van der Waals surface area contributed by atoms with Crippen LogP contribution in [0.15, 0.2) is 30.3 Å². The van der Waals surface area contributed by atoms with Crippen molar-refractivity contribution in [2.75, 3.05) is 40.3 Å². The van der Waals surface area contributed by atoms with Crippen LogP contribution in [0.2, 0.25) is 0 Å². The van der Waals surface area contributed by atoms with Crippen LogP contribution >= 0.6 is 0 Å². The normalized spacial score (nSPS) is 25.1. The number of amides is 3. The van der Waals surface area contributed by atoms with Gasteiger partial charge in [-0.05, 0) is 31.2 Å².